The van der Waals surface area contributed by atoms with Crippen molar-refractivity contribution in [3.05, 3.63) is 76.4 Å². The number of hydrogen-bond donors (Lipinski definition) is 1. The minimum atomic E-state index is -0.875. The standard InChI is InChI=1S/C24H28O2/c1-15-9-7-14-22-20(17(3)16(2)18(4)23(15)22)13-8-11-19-10-5-6-12-21(19)24(25)26/h5-12,14,16-18,20H,13H2,1-4H3,(H,25,26). The molecule has 0 fully saturated rings. The zero-order valence-corrected chi connectivity index (χ0v) is 16.1. The minimum Gasteiger partial charge on any atom is -0.478 e. The Kier molecular flexibility index (Phi) is 5.31. The van der Waals surface area contributed by atoms with Crippen LogP contribution in [0.1, 0.15) is 71.6 Å². The lowest BCUT2D eigenvalue weighted by atomic mass is 9.64. The van der Waals surface area contributed by atoms with Crippen LogP contribution in [0.3, 0.4) is 0 Å². The first-order valence-electron chi connectivity index (χ1n) is 9.50. The molecule has 0 radical (unpaired) electrons. The molecular weight excluding hydrogens is 320 g/mol. The average Bonchev–Trinajstić information content (AvgIpc) is 2.62. The second kappa shape index (κ2) is 7.49. The van der Waals surface area contributed by atoms with E-state index in [9.17, 15) is 9.90 Å². The van der Waals surface area contributed by atoms with E-state index in [0.717, 1.165) is 12.0 Å². The van der Waals surface area contributed by atoms with E-state index in [1.807, 2.05) is 18.2 Å². The van der Waals surface area contributed by atoms with Gasteiger partial charge in [-0.05, 0) is 65.3 Å². The van der Waals surface area contributed by atoms with E-state index in [1.54, 1.807) is 12.1 Å². The summed E-state index contributed by atoms with van der Waals surface area (Å²) in [5.74, 6) is 1.41. The van der Waals surface area contributed by atoms with E-state index in [-0.39, 0.29) is 0 Å². The van der Waals surface area contributed by atoms with Crippen molar-refractivity contribution in [3.63, 3.8) is 0 Å². The molecule has 2 nitrogen and oxygen atoms in total. The number of fused-ring (bicyclic) bond motifs is 1. The van der Waals surface area contributed by atoms with Gasteiger partial charge in [0.05, 0.1) is 5.56 Å². The Hall–Kier alpha value is -2.35. The third-order valence-electron chi connectivity index (χ3n) is 6.34. The quantitative estimate of drug-likeness (QED) is 0.707. The van der Waals surface area contributed by atoms with Gasteiger partial charge in [0.15, 0.2) is 0 Å². The first-order chi connectivity index (χ1) is 12.4. The Morgan fingerprint density at radius 2 is 1.77 bits per heavy atom. The van der Waals surface area contributed by atoms with Crippen LogP contribution < -0.4 is 0 Å². The molecule has 0 amide bonds. The Morgan fingerprint density at radius 3 is 2.50 bits per heavy atom. The Morgan fingerprint density at radius 1 is 1.04 bits per heavy atom. The van der Waals surface area contributed by atoms with Crippen LogP contribution in [0.25, 0.3) is 6.08 Å². The second-order valence-corrected chi connectivity index (χ2v) is 7.72. The molecule has 2 aromatic carbocycles. The molecule has 2 aromatic rings. The fourth-order valence-electron chi connectivity index (χ4n) is 4.54. The van der Waals surface area contributed by atoms with E-state index < -0.39 is 5.97 Å². The lowest BCUT2D eigenvalue weighted by Gasteiger charge is -2.41. The molecule has 2 heteroatoms. The molecule has 0 saturated heterocycles. The fourth-order valence-corrected chi connectivity index (χ4v) is 4.54. The summed E-state index contributed by atoms with van der Waals surface area (Å²) in [5.41, 5.74) is 5.51. The molecule has 1 N–H and O–H groups in total. The fraction of sp³-hybridized carbons (Fsp3) is 0.375. The molecule has 4 unspecified atom stereocenters. The molecule has 1 aliphatic rings. The van der Waals surface area contributed by atoms with Crippen molar-refractivity contribution < 1.29 is 9.90 Å². The normalized spacial score (nSPS) is 25.2. The summed E-state index contributed by atoms with van der Waals surface area (Å²) >= 11 is 0. The largest absolute Gasteiger partial charge is 0.478 e. The summed E-state index contributed by atoms with van der Waals surface area (Å²) in [6.07, 6.45) is 5.05. The number of aryl methyl sites for hydroxylation is 1. The van der Waals surface area contributed by atoms with Crippen LogP contribution in [0.5, 0.6) is 0 Å². The summed E-state index contributed by atoms with van der Waals surface area (Å²) in [7, 11) is 0. The second-order valence-electron chi connectivity index (χ2n) is 7.72. The van der Waals surface area contributed by atoms with Gasteiger partial charge in [0.25, 0.3) is 0 Å². The van der Waals surface area contributed by atoms with Gasteiger partial charge in [-0.1, -0.05) is 69.3 Å². The van der Waals surface area contributed by atoms with Crippen molar-refractivity contribution in [3.8, 4) is 0 Å². The number of carboxylic acid groups (broad SMARTS) is 1. The van der Waals surface area contributed by atoms with Crippen molar-refractivity contribution in [1.29, 1.82) is 0 Å². The molecule has 0 bridgehead atoms. The van der Waals surface area contributed by atoms with Gasteiger partial charge in [0, 0.05) is 0 Å². The van der Waals surface area contributed by atoms with Crippen molar-refractivity contribution in [2.45, 2.75) is 46.0 Å². The van der Waals surface area contributed by atoms with E-state index in [4.69, 9.17) is 0 Å². The van der Waals surface area contributed by atoms with Gasteiger partial charge in [-0.2, -0.15) is 0 Å². The molecule has 0 aromatic heterocycles. The van der Waals surface area contributed by atoms with Crippen molar-refractivity contribution in [1.82, 2.24) is 0 Å². The van der Waals surface area contributed by atoms with E-state index >= 15 is 0 Å². The molecule has 0 heterocycles. The zero-order valence-electron chi connectivity index (χ0n) is 16.1. The van der Waals surface area contributed by atoms with Gasteiger partial charge >= 0.3 is 5.97 Å². The van der Waals surface area contributed by atoms with Gasteiger partial charge in [-0.3, -0.25) is 0 Å². The maximum absolute atomic E-state index is 11.4. The van der Waals surface area contributed by atoms with Gasteiger partial charge < -0.3 is 5.11 Å². The number of hydrogen-bond acceptors (Lipinski definition) is 1. The lowest BCUT2D eigenvalue weighted by Crippen LogP contribution is -2.29. The number of carbonyl (C=O) groups is 1. The van der Waals surface area contributed by atoms with Crippen molar-refractivity contribution in [2.24, 2.45) is 11.8 Å². The molecule has 0 saturated carbocycles. The zero-order chi connectivity index (χ0) is 18.8. The third kappa shape index (κ3) is 3.33. The highest BCUT2D eigenvalue weighted by Crippen LogP contribution is 2.48. The van der Waals surface area contributed by atoms with Gasteiger partial charge in [0.1, 0.15) is 0 Å². The van der Waals surface area contributed by atoms with Crippen LogP contribution in [0.2, 0.25) is 0 Å². The summed E-state index contributed by atoms with van der Waals surface area (Å²) in [5, 5.41) is 9.35. The number of rotatable bonds is 4. The molecule has 3 rings (SSSR count). The summed E-state index contributed by atoms with van der Waals surface area (Å²) in [4.78, 5) is 11.4. The van der Waals surface area contributed by atoms with E-state index in [1.165, 1.54) is 16.7 Å². The highest BCUT2D eigenvalue weighted by atomic mass is 16.4. The number of aromatic carboxylic acids is 1. The number of allylic oxidation sites excluding steroid dienone is 1. The van der Waals surface area contributed by atoms with Crippen molar-refractivity contribution in [2.75, 3.05) is 0 Å². The number of benzene rings is 2. The Balaban J connectivity index is 1.90. The highest BCUT2D eigenvalue weighted by molar-refractivity contribution is 5.92. The molecule has 136 valence electrons. The summed E-state index contributed by atoms with van der Waals surface area (Å²) in [6.45, 7) is 9.29. The van der Waals surface area contributed by atoms with Crippen LogP contribution in [-0.2, 0) is 0 Å². The predicted molar refractivity (Wildman–Crippen MR) is 108 cm³/mol. The Bertz CT molecular complexity index is 834. The summed E-state index contributed by atoms with van der Waals surface area (Å²) in [6, 6.07) is 13.9. The smallest absolute Gasteiger partial charge is 0.336 e. The van der Waals surface area contributed by atoms with E-state index in [2.05, 4.69) is 52.0 Å². The first-order valence-corrected chi connectivity index (χ1v) is 9.50. The topological polar surface area (TPSA) is 37.3 Å². The molecule has 1 aliphatic carbocycles. The monoisotopic (exact) mass is 348 g/mol. The third-order valence-corrected chi connectivity index (χ3v) is 6.34. The van der Waals surface area contributed by atoms with Crippen LogP contribution >= 0.6 is 0 Å². The molecule has 0 spiro atoms. The highest BCUT2D eigenvalue weighted by Gasteiger charge is 2.35. The van der Waals surface area contributed by atoms with Gasteiger partial charge in [-0.15, -0.1) is 0 Å². The predicted octanol–water partition coefficient (Wildman–Crippen LogP) is 6.27. The molecule has 26 heavy (non-hydrogen) atoms. The first kappa shape index (κ1) is 18.4. The van der Waals surface area contributed by atoms with Gasteiger partial charge in [-0.25, -0.2) is 4.79 Å². The summed E-state index contributed by atoms with van der Waals surface area (Å²) < 4.78 is 0. The van der Waals surface area contributed by atoms with Crippen LogP contribution in [0.4, 0.5) is 0 Å². The van der Waals surface area contributed by atoms with Crippen molar-refractivity contribution >= 4 is 12.0 Å². The lowest BCUT2D eigenvalue weighted by molar-refractivity contribution is 0.0696. The van der Waals surface area contributed by atoms with E-state index in [0.29, 0.717) is 29.2 Å². The molecule has 4 atom stereocenters. The van der Waals surface area contributed by atoms with Crippen LogP contribution in [0, 0.1) is 18.8 Å². The molecule has 0 aliphatic heterocycles. The molecular formula is C24H28O2. The number of carboxylic acids is 1. The van der Waals surface area contributed by atoms with Gasteiger partial charge in [0.2, 0.25) is 0 Å². The van der Waals surface area contributed by atoms with Crippen LogP contribution in [0.15, 0.2) is 48.5 Å². The maximum atomic E-state index is 11.4. The van der Waals surface area contributed by atoms with Crippen LogP contribution in [-0.4, -0.2) is 11.1 Å². The Labute approximate surface area is 156 Å². The minimum absolute atomic E-state index is 0.360. The average molecular weight is 348 g/mol. The SMILES string of the molecule is Cc1cccc2c1C(C)C(C)C(C)C2CC=Cc1ccccc1C(=O)O. The maximum Gasteiger partial charge on any atom is 0.336 e.